The average Bonchev–Trinajstić information content (AvgIpc) is 2.73. The summed E-state index contributed by atoms with van der Waals surface area (Å²) >= 11 is 69.1. The van der Waals surface area contributed by atoms with Crippen molar-refractivity contribution in [3.63, 3.8) is 0 Å². The Morgan fingerprint density at radius 2 is 0.550 bits per heavy atom. The Kier molecular flexibility index (Phi) is 13.0. The SMILES string of the molecule is S=P12SP3(=S)SP(=S)(S1)SP(=S)(S2)S3.S=P12SP3(=S)SP(=S)(S1)SP(=S)(S2)S3.c1ccc(-c2ccccn2)nc1. The van der Waals surface area contributed by atoms with Crippen LogP contribution in [0.25, 0.3) is 11.4 Å². The van der Waals surface area contributed by atoms with E-state index in [1.54, 1.807) is 12.4 Å². The standard InChI is InChI=1S/C10H8N2.2P4S10/c1-3-7-11-9(5-1)10-6-2-4-8-12-10;2*5-1-9-2(6)12-3(7,10-1)14-4(8,11-1)13-2/h1-8H;;. The Morgan fingerprint density at radius 3 is 0.700 bits per heavy atom. The van der Waals surface area contributed by atoms with Gasteiger partial charge in [0, 0.05) is 12.4 Å². The predicted octanol–water partition coefficient (Wildman–Crippen LogP) is 16.8. The first-order valence-electron chi connectivity index (χ1n) is 9.63. The Bertz CT molecular complexity index is 1340. The molecule has 10 rings (SSSR count). The van der Waals surface area contributed by atoms with Crippen LogP contribution in [-0.4, -0.2) is 9.97 Å². The first kappa shape index (κ1) is 37.5. The van der Waals surface area contributed by atoms with E-state index in [0.29, 0.717) is 0 Å². The zero-order valence-corrected chi connectivity index (χ0v) is 41.7. The zero-order chi connectivity index (χ0) is 28.7. The van der Waals surface area contributed by atoms with Crippen molar-refractivity contribution in [3.05, 3.63) is 48.8 Å². The van der Waals surface area contributed by atoms with Gasteiger partial charge in [0.15, 0.2) is 0 Å². The first-order chi connectivity index (χ1) is 18.5. The van der Waals surface area contributed by atoms with Gasteiger partial charge in [-0.25, -0.2) is 0 Å². The highest BCUT2D eigenvalue weighted by Gasteiger charge is 2.61. The maximum Gasteiger partial charge on any atom is 0.128 e. The van der Waals surface area contributed by atoms with Gasteiger partial charge in [0.1, 0.15) is 29.1 Å². The van der Waals surface area contributed by atoms with Crippen molar-refractivity contribution in [3.8, 4) is 11.4 Å². The third-order valence-electron chi connectivity index (χ3n) is 3.99. The molecular formula is C10H8N2P8S20. The summed E-state index contributed by atoms with van der Waals surface area (Å²) in [4.78, 5) is 8.37. The van der Waals surface area contributed by atoms with Crippen molar-refractivity contribution in [1.29, 1.82) is 0 Å². The van der Waals surface area contributed by atoms with Gasteiger partial charge < -0.3 is 0 Å². The third kappa shape index (κ3) is 9.19. The fraction of sp³-hybridized carbons (Fsp3) is 0. The van der Waals surface area contributed by atoms with E-state index in [1.807, 2.05) is 168 Å². The van der Waals surface area contributed by atoms with Gasteiger partial charge in [0.05, 0.1) is 11.4 Å². The summed E-state index contributed by atoms with van der Waals surface area (Å²) in [5, 5.41) is 0. The van der Waals surface area contributed by atoms with Crippen LogP contribution in [0.15, 0.2) is 48.8 Å². The van der Waals surface area contributed by atoms with E-state index >= 15 is 0 Å². The highest BCUT2D eigenvalue weighted by molar-refractivity contribution is 9.84. The minimum absolute atomic E-state index is 0.915. The van der Waals surface area contributed by atoms with Gasteiger partial charge in [-0.05, 0) is 156 Å². The molecule has 0 amide bonds. The molecule has 218 valence electrons. The van der Waals surface area contributed by atoms with Gasteiger partial charge in [-0.2, -0.15) is 0 Å². The number of aromatic nitrogens is 2. The van der Waals surface area contributed by atoms with Gasteiger partial charge >= 0.3 is 0 Å². The molecule has 0 N–H and O–H groups in total. The Balaban J connectivity index is 0.000000109. The van der Waals surface area contributed by atoms with Gasteiger partial charge in [0.2, 0.25) is 0 Å². The smallest absolute Gasteiger partial charge is 0.128 e. The summed E-state index contributed by atoms with van der Waals surface area (Å²) in [6, 6.07) is 11.6. The van der Waals surface area contributed by atoms with E-state index in [1.165, 1.54) is 0 Å². The van der Waals surface area contributed by atoms with E-state index in [0.717, 1.165) is 11.4 Å². The molecule has 0 unspecified atom stereocenters. The van der Waals surface area contributed by atoms with Crippen molar-refractivity contribution >= 4 is 256 Å². The van der Waals surface area contributed by atoms with Crippen molar-refractivity contribution in [1.82, 2.24) is 9.97 Å². The lowest BCUT2D eigenvalue weighted by molar-refractivity contribution is 1.25. The van der Waals surface area contributed by atoms with Crippen LogP contribution in [0, 0.1) is 0 Å². The van der Waals surface area contributed by atoms with Crippen molar-refractivity contribution in [2.45, 2.75) is 0 Å². The summed E-state index contributed by atoms with van der Waals surface area (Å²) in [5.41, 5.74) is 1.83. The lowest BCUT2D eigenvalue weighted by Gasteiger charge is -2.51. The molecule has 8 aliphatic heterocycles. The van der Waals surface area contributed by atoms with Gasteiger partial charge in [-0.1, -0.05) is 107 Å². The quantitative estimate of drug-likeness (QED) is 0.253. The van der Waals surface area contributed by atoms with E-state index in [-0.39, 0.29) is 0 Å². The van der Waals surface area contributed by atoms with E-state index < -0.39 is 29.1 Å². The molecule has 0 aliphatic carbocycles. The molecule has 0 radical (unpaired) electrons. The molecule has 8 fully saturated rings. The Hall–Kier alpha value is 7.70. The molecule has 30 heteroatoms. The summed E-state index contributed by atoms with van der Waals surface area (Å²) in [6.07, 6.45) is 3.54. The molecule has 0 aromatic carbocycles. The van der Waals surface area contributed by atoms with Gasteiger partial charge in [-0.15, -0.1) is 0 Å². The predicted molar refractivity (Wildman–Crippen MR) is 253 cm³/mol. The largest absolute Gasteiger partial charge is 0.255 e. The molecular weight excluding hydrogens is 1040 g/mol. The van der Waals surface area contributed by atoms with Crippen LogP contribution in [0.5, 0.6) is 0 Å². The second kappa shape index (κ2) is 13.9. The fourth-order valence-electron chi connectivity index (χ4n) is 2.86. The molecule has 2 nitrogen and oxygen atoms in total. The van der Waals surface area contributed by atoms with Crippen LogP contribution in [0.4, 0.5) is 0 Å². The summed E-state index contributed by atoms with van der Waals surface area (Å²) in [5.74, 6) is 0. The molecule has 0 spiro atoms. The van der Waals surface area contributed by atoms with E-state index in [2.05, 4.69) is 9.97 Å². The monoisotopic (exact) mass is 1040 g/mol. The van der Waals surface area contributed by atoms with Gasteiger partial charge in [0.25, 0.3) is 0 Å². The molecule has 0 atom stereocenters. The normalized spacial score (nSPS) is 48.9. The van der Waals surface area contributed by atoms with Crippen molar-refractivity contribution in [2.75, 3.05) is 0 Å². The zero-order valence-electron chi connectivity index (χ0n) is 18.3. The average molecular weight is 1050 g/mol. The third-order valence-corrected chi connectivity index (χ3v) is 196. The first-order valence-corrected chi connectivity index (χ1v) is 56.4. The number of hydrogen-bond donors (Lipinski definition) is 0. The summed E-state index contributed by atoms with van der Waals surface area (Å²) in [7, 11) is 0. The molecule has 10 heterocycles. The molecule has 8 aliphatic rings. The second-order valence-corrected chi connectivity index (χ2v) is 125. The van der Waals surface area contributed by atoms with Crippen LogP contribution in [0.2, 0.25) is 0 Å². The van der Waals surface area contributed by atoms with Crippen LogP contribution < -0.4 is 0 Å². The van der Waals surface area contributed by atoms with E-state index in [9.17, 15) is 0 Å². The highest BCUT2D eigenvalue weighted by Crippen LogP contribution is 3.31. The van der Waals surface area contributed by atoms with E-state index in [4.69, 9.17) is 94.5 Å². The lowest BCUT2D eigenvalue weighted by Crippen LogP contribution is -1.83. The van der Waals surface area contributed by atoms with Crippen LogP contribution in [0.1, 0.15) is 0 Å². The summed E-state index contributed by atoms with van der Waals surface area (Å²) < 4.78 is -11.3. The lowest BCUT2D eigenvalue weighted by atomic mass is 10.2. The van der Waals surface area contributed by atoms with Crippen LogP contribution in [-0.2, 0) is 94.5 Å². The van der Waals surface area contributed by atoms with Gasteiger partial charge in [-0.3, -0.25) is 9.97 Å². The number of pyridine rings is 2. The maximum atomic E-state index is 5.75. The fourth-order valence-corrected chi connectivity index (χ4v) is 445. The topological polar surface area (TPSA) is 25.8 Å². The molecule has 8 saturated heterocycles. The van der Waals surface area contributed by atoms with Crippen LogP contribution in [0.3, 0.4) is 0 Å². The number of nitrogens with zero attached hydrogens (tertiary/aromatic N) is 2. The highest BCUT2D eigenvalue weighted by atomic mass is 34.1. The van der Waals surface area contributed by atoms with Crippen molar-refractivity contribution in [2.24, 2.45) is 0 Å². The molecule has 40 heavy (non-hydrogen) atoms. The maximum absolute atomic E-state index is 5.75. The molecule has 2 aromatic heterocycles. The second-order valence-electron chi connectivity index (χ2n) is 6.99. The number of hydrogen-bond acceptors (Lipinski definition) is 22. The summed E-state index contributed by atoms with van der Waals surface area (Å²) in [6.45, 7) is 0. The molecule has 2 aromatic rings. The Labute approximate surface area is 319 Å². The minimum atomic E-state index is -1.41. The number of rotatable bonds is 1. The van der Waals surface area contributed by atoms with Crippen LogP contribution >= 0.6 is 161 Å². The Morgan fingerprint density at radius 1 is 0.350 bits per heavy atom. The minimum Gasteiger partial charge on any atom is -0.255 e. The molecule has 0 saturated carbocycles. The van der Waals surface area contributed by atoms with Crippen molar-refractivity contribution < 1.29 is 0 Å². The molecule has 8 bridgehead atoms.